The molecule has 0 unspecified atom stereocenters. The van der Waals surface area contributed by atoms with E-state index in [4.69, 9.17) is 9.47 Å². The van der Waals surface area contributed by atoms with Gasteiger partial charge in [-0.1, -0.05) is 25.2 Å². The molecule has 0 radical (unpaired) electrons. The van der Waals surface area contributed by atoms with Gasteiger partial charge in [-0.05, 0) is 52.4 Å². The Bertz CT molecular complexity index is 590. The van der Waals surface area contributed by atoms with Gasteiger partial charge < -0.3 is 9.47 Å². The van der Waals surface area contributed by atoms with Crippen molar-refractivity contribution in [1.29, 1.82) is 0 Å². The highest BCUT2D eigenvalue weighted by Gasteiger charge is 2.55. The monoisotopic (exact) mass is 332 g/mol. The molecule has 1 aliphatic carbocycles. The molecule has 132 valence electrons. The molecule has 0 spiro atoms. The maximum atomic E-state index is 12.8. The molecule has 2 fully saturated rings. The average molecular weight is 332 g/mol. The highest BCUT2D eigenvalue weighted by molar-refractivity contribution is 5.98. The lowest BCUT2D eigenvalue weighted by molar-refractivity contribution is -0.148. The molecule has 24 heavy (non-hydrogen) atoms. The van der Waals surface area contributed by atoms with Crippen LogP contribution in [-0.4, -0.2) is 29.6 Å². The molecule has 5 atom stereocenters. The zero-order valence-electron chi connectivity index (χ0n) is 15.0. The zero-order chi connectivity index (χ0) is 17.5. The fraction of sp³-hybridized carbons (Fsp3) is 0.700. The fourth-order valence-corrected chi connectivity index (χ4v) is 3.99. The SMILES string of the molecule is C=C1C(=O)O[C@H]2C(=O)[C@H](C)CCC/C(C)=C/CC[C@@]3(C)O[C@@H]3C[C@@H]12. The molecule has 2 aliphatic heterocycles. The Hall–Kier alpha value is -1.42. The van der Waals surface area contributed by atoms with Crippen LogP contribution in [0.15, 0.2) is 23.8 Å². The summed E-state index contributed by atoms with van der Waals surface area (Å²) in [5.41, 5.74) is 1.67. The van der Waals surface area contributed by atoms with E-state index in [2.05, 4.69) is 26.5 Å². The van der Waals surface area contributed by atoms with E-state index in [0.29, 0.717) is 12.0 Å². The molecule has 0 N–H and O–H groups in total. The van der Waals surface area contributed by atoms with Gasteiger partial charge in [0.15, 0.2) is 11.9 Å². The van der Waals surface area contributed by atoms with Gasteiger partial charge >= 0.3 is 5.97 Å². The van der Waals surface area contributed by atoms with Gasteiger partial charge in [0.05, 0.1) is 11.7 Å². The summed E-state index contributed by atoms with van der Waals surface area (Å²) in [4.78, 5) is 24.8. The summed E-state index contributed by atoms with van der Waals surface area (Å²) in [5.74, 6) is -0.722. The number of carbonyl (C=O) groups is 2. The number of ether oxygens (including phenoxy) is 2. The summed E-state index contributed by atoms with van der Waals surface area (Å²) < 4.78 is 11.3. The first kappa shape index (κ1) is 17.4. The lowest BCUT2D eigenvalue weighted by Gasteiger charge is -2.20. The third-order valence-electron chi connectivity index (χ3n) is 5.92. The molecule has 0 aromatic heterocycles. The second-order valence-corrected chi connectivity index (χ2v) is 7.90. The summed E-state index contributed by atoms with van der Waals surface area (Å²) in [7, 11) is 0. The van der Waals surface area contributed by atoms with Gasteiger partial charge in [0.25, 0.3) is 0 Å². The Morgan fingerprint density at radius 2 is 2.08 bits per heavy atom. The molecular weight excluding hydrogens is 304 g/mol. The third kappa shape index (κ3) is 3.34. The molecule has 4 heteroatoms. The summed E-state index contributed by atoms with van der Waals surface area (Å²) in [6, 6.07) is 0. The summed E-state index contributed by atoms with van der Waals surface area (Å²) in [5, 5.41) is 0. The van der Waals surface area contributed by atoms with Gasteiger partial charge in [0.1, 0.15) is 0 Å². The highest BCUT2D eigenvalue weighted by Crippen LogP contribution is 2.47. The summed E-state index contributed by atoms with van der Waals surface area (Å²) in [6.45, 7) is 10.1. The number of hydrogen-bond acceptors (Lipinski definition) is 4. The Morgan fingerprint density at radius 1 is 1.33 bits per heavy atom. The quantitative estimate of drug-likeness (QED) is 0.293. The predicted octanol–water partition coefficient (Wildman–Crippen LogP) is 3.75. The fourth-order valence-electron chi connectivity index (χ4n) is 3.99. The lowest BCUT2D eigenvalue weighted by atomic mass is 9.82. The van der Waals surface area contributed by atoms with Crippen LogP contribution in [0.5, 0.6) is 0 Å². The molecule has 0 aromatic carbocycles. The highest BCUT2D eigenvalue weighted by atomic mass is 16.6. The maximum absolute atomic E-state index is 12.8. The van der Waals surface area contributed by atoms with Crippen LogP contribution in [0.2, 0.25) is 0 Å². The van der Waals surface area contributed by atoms with E-state index in [1.54, 1.807) is 0 Å². The Labute approximate surface area is 144 Å². The van der Waals surface area contributed by atoms with E-state index in [1.807, 2.05) is 6.92 Å². The van der Waals surface area contributed by atoms with Crippen LogP contribution in [0.4, 0.5) is 0 Å². The van der Waals surface area contributed by atoms with Crippen molar-refractivity contribution in [3.05, 3.63) is 23.8 Å². The lowest BCUT2D eigenvalue weighted by Crippen LogP contribution is -2.33. The minimum atomic E-state index is -0.673. The van der Waals surface area contributed by atoms with Crippen molar-refractivity contribution in [3.63, 3.8) is 0 Å². The van der Waals surface area contributed by atoms with Crippen molar-refractivity contribution in [3.8, 4) is 0 Å². The average Bonchev–Trinajstić information content (AvgIpc) is 3.08. The molecule has 0 bridgehead atoms. The Morgan fingerprint density at radius 3 is 2.83 bits per heavy atom. The zero-order valence-corrected chi connectivity index (χ0v) is 15.0. The molecule has 0 saturated carbocycles. The van der Waals surface area contributed by atoms with Gasteiger partial charge in [0.2, 0.25) is 0 Å². The first-order chi connectivity index (χ1) is 11.3. The van der Waals surface area contributed by atoms with Crippen LogP contribution in [0.1, 0.15) is 59.3 Å². The number of fused-ring (bicyclic) bond motifs is 2. The number of esters is 1. The minimum Gasteiger partial charge on any atom is -0.450 e. The van der Waals surface area contributed by atoms with Crippen LogP contribution < -0.4 is 0 Å². The molecule has 0 amide bonds. The molecule has 3 aliphatic rings. The molecule has 3 rings (SSSR count). The van der Waals surface area contributed by atoms with Crippen LogP contribution in [0, 0.1) is 11.8 Å². The molecule has 2 heterocycles. The van der Waals surface area contributed by atoms with Gasteiger partial charge in [0, 0.05) is 17.4 Å². The van der Waals surface area contributed by atoms with E-state index in [0.717, 1.165) is 32.1 Å². The van der Waals surface area contributed by atoms with Crippen LogP contribution in [0.25, 0.3) is 0 Å². The summed E-state index contributed by atoms with van der Waals surface area (Å²) >= 11 is 0. The van der Waals surface area contributed by atoms with Crippen molar-refractivity contribution in [2.24, 2.45) is 11.8 Å². The number of rotatable bonds is 0. The Balaban J connectivity index is 1.81. The van der Waals surface area contributed by atoms with E-state index in [9.17, 15) is 9.59 Å². The van der Waals surface area contributed by atoms with Gasteiger partial charge in [-0.25, -0.2) is 4.79 Å². The molecule has 4 nitrogen and oxygen atoms in total. The summed E-state index contributed by atoms with van der Waals surface area (Å²) in [6.07, 6.45) is 7.16. The van der Waals surface area contributed by atoms with E-state index >= 15 is 0 Å². The van der Waals surface area contributed by atoms with Gasteiger partial charge in [-0.2, -0.15) is 0 Å². The van der Waals surface area contributed by atoms with Crippen LogP contribution >= 0.6 is 0 Å². The standard InChI is InChI=1S/C20H28O4/c1-12-7-5-9-13(2)17(21)18-15(14(3)19(22)23-18)11-16-20(4,24-16)10-6-8-12/h8,13,15-16,18H,3,5-7,9-11H2,1-2,4H3/b12-8+/t13-,15+,16-,18-,20-/m1/s1. The number of Topliss-reactive ketones (excluding diaryl/α,β-unsaturated/α-hetero) is 1. The Kier molecular flexibility index (Phi) is 4.69. The van der Waals surface area contributed by atoms with Gasteiger partial charge in [-0.3, -0.25) is 4.79 Å². The number of carbonyl (C=O) groups excluding carboxylic acids is 2. The van der Waals surface area contributed by atoms with Crippen molar-refractivity contribution in [2.75, 3.05) is 0 Å². The topological polar surface area (TPSA) is 55.9 Å². The van der Waals surface area contributed by atoms with E-state index in [1.165, 1.54) is 5.57 Å². The normalized spacial score (nSPS) is 43.1. The number of epoxide rings is 1. The second-order valence-electron chi connectivity index (χ2n) is 7.90. The third-order valence-corrected chi connectivity index (χ3v) is 5.92. The number of ketones is 1. The van der Waals surface area contributed by atoms with Crippen molar-refractivity contribution in [1.82, 2.24) is 0 Å². The van der Waals surface area contributed by atoms with E-state index in [-0.39, 0.29) is 29.3 Å². The van der Waals surface area contributed by atoms with Crippen LogP contribution in [0.3, 0.4) is 0 Å². The second kappa shape index (κ2) is 6.47. The molecular formula is C20H28O4. The van der Waals surface area contributed by atoms with Crippen LogP contribution in [-0.2, 0) is 19.1 Å². The first-order valence-electron chi connectivity index (χ1n) is 9.09. The number of hydrogen-bond donors (Lipinski definition) is 0. The van der Waals surface area contributed by atoms with E-state index < -0.39 is 12.1 Å². The minimum absolute atomic E-state index is 0.0352. The maximum Gasteiger partial charge on any atom is 0.334 e. The smallest absolute Gasteiger partial charge is 0.334 e. The van der Waals surface area contributed by atoms with Gasteiger partial charge in [-0.15, -0.1) is 0 Å². The van der Waals surface area contributed by atoms with Crippen molar-refractivity contribution >= 4 is 11.8 Å². The number of allylic oxidation sites excluding steroid dienone is 2. The molecule has 0 aromatic rings. The van der Waals surface area contributed by atoms with Crippen molar-refractivity contribution in [2.45, 2.75) is 77.1 Å². The van der Waals surface area contributed by atoms with Crippen molar-refractivity contribution < 1.29 is 19.1 Å². The first-order valence-corrected chi connectivity index (χ1v) is 9.09. The molecule has 2 saturated heterocycles. The largest absolute Gasteiger partial charge is 0.450 e. The predicted molar refractivity (Wildman–Crippen MR) is 91.4 cm³/mol.